The monoisotopic (exact) mass is 375 g/mol. The molecule has 0 saturated heterocycles. The van der Waals surface area contributed by atoms with Crippen LogP contribution >= 0.6 is 0 Å². The number of hydrogen-bond acceptors (Lipinski definition) is 3. The van der Waals surface area contributed by atoms with Crippen LogP contribution in [0.3, 0.4) is 0 Å². The molecule has 0 bridgehead atoms. The van der Waals surface area contributed by atoms with Gasteiger partial charge in [0.05, 0.1) is 5.69 Å². The van der Waals surface area contributed by atoms with Crippen molar-refractivity contribution in [1.82, 2.24) is 24.5 Å². The van der Waals surface area contributed by atoms with Crippen molar-refractivity contribution in [3.63, 3.8) is 0 Å². The maximum atomic E-state index is 13.2. The van der Waals surface area contributed by atoms with Crippen LogP contribution in [0.1, 0.15) is 22.8 Å². The highest BCUT2D eigenvalue weighted by Gasteiger charge is 2.42. The van der Waals surface area contributed by atoms with Gasteiger partial charge in [-0.25, -0.2) is 14.3 Å². The molecular formula is C15H11F6N5. The number of alkyl halides is 6. The molecule has 0 atom stereocenters. The molecule has 0 N–H and O–H groups in total. The number of aryl methyl sites for hydroxylation is 2. The maximum Gasteiger partial charge on any atom is 0.435 e. The third-order valence-corrected chi connectivity index (χ3v) is 3.45. The lowest BCUT2D eigenvalue weighted by atomic mass is 10.3. The smallest absolute Gasteiger partial charge is 0.219 e. The number of rotatable bonds is 2. The predicted octanol–water partition coefficient (Wildman–Crippen LogP) is 4.11. The number of hydrogen-bond donors (Lipinski definition) is 0. The molecular weight excluding hydrogens is 364 g/mol. The molecule has 0 spiro atoms. The lowest BCUT2D eigenvalue weighted by molar-refractivity contribution is -0.143. The number of nitrogens with zero attached hydrogens (tertiary/aromatic N) is 5. The molecule has 0 amide bonds. The highest BCUT2D eigenvalue weighted by molar-refractivity contribution is 5.35. The van der Waals surface area contributed by atoms with Crippen LogP contribution in [0.5, 0.6) is 0 Å². The Morgan fingerprint density at radius 2 is 1.42 bits per heavy atom. The zero-order chi connectivity index (χ0) is 19.3. The fraction of sp³-hybridized carbons (Fsp3) is 0.267. The Labute approximate surface area is 142 Å². The minimum absolute atomic E-state index is 0.0440. The summed E-state index contributed by atoms with van der Waals surface area (Å²) in [4.78, 5) is 3.99. The molecule has 0 fully saturated rings. The van der Waals surface area contributed by atoms with E-state index in [1.54, 1.807) is 19.9 Å². The summed E-state index contributed by atoms with van der Waals surface area (Å²) >= 11 is 0. The van der Waals surface area contributed by atoms with E-state index in [-0.39, 0.29) is 16.6 Å². The average molecular weight is 375 g/mol. The summed E-state index contributed by atoms with van der Waals surface area (Å²) in [5, 5.41) is 7.21. The Hall–Kier alpha value is -2.85. The second kappa shape index (κ2) is 5.85. The number of halogens is 6. The molecule has 0 aliphatic rings. The van der Waals surface area contributed by atoms with Gasteiger partial charge >= 0.3 is 12.4 Å². The molecule has 0 saturated carbocycles. The van der Waals surface area contributed by atoms with Gasteiger partial charge in [0, 0.05) is 11.8 Å². The van der Waals surface area contributed by atoms with Gasteiger partial charge in [0.25, 0.3) is 0 Å². The molecule has 5 nitrogen and oxygen atoms in total. The van der Waals surface area contributed by atoms with Crippen molar-refractivity contribution in [1.29, 1.82) is 0 Å². The minimum atomic E-state index is -5.04. The molecule has 3 heterocycles. The van der Waals surface area contributed by atoms with Gasteiger partial charge in [-0.1, -0.05) is 6.07 Å². The number of pyridine rings is 1. The first kappa shape index (κ1) is 18.0. The first-order valence-electron chi connectivity index (χ1n) is 7.22. The van der Waals surface area contributed by atoms with Gasteiger partial charge in [0.15, 0.2) is 23.0 Å². The SMILES string of the molecule is Cc1cc(C)n(-c2cccc(-n3nc(C(F)(F)F)cc3C(F)(F)F)n2)n1. The van der Waals surface area contributed by atoms with Gasteiger partial charge in [-0.15, -0.1) is 0 Å². The van der Waals surface area contributed by atoms with E-state index in [1.807, 2.05) is 0 Å². The second-order valence-electron chi connectivity index (χ2n) is 5.52. The van der Waals surface area contributed by atoms with Gasteiger partial charge < -0.3 is 0 Å². The Balaban J connectivity index is 2.17. The molecule has 26 heavy (non-hydrogen) atoms. The van der Waals surface area contributed by atoms with Crippen molar-refractivity contribution < 1.29 is 26.3 Å². The molecule has 3 aromatic heterocycles. The predicted molar refractivity (Wildman–Crippen MR) is 78.0 cm³/mol. The zero-order valence-electron chi connectivity index (χ0n) is 13.4. The molecule has 0 aromatic carbocycles. The summed E-state index contributed by atoms with van der Waals surface area (Å²) in [5.74, 6) is -0.247. The van der Waals surface area contributed by atoms with Crippen LogP contribution in [0.4, 0.5) is 26.3 Å². The standard InChI is InChI=1S/C15H11F6N5/c1-8-6-9(2)25(23-8)12-4-3-5-13(22-12)26-11(15(19,20)21)7-10(24-26)14(16,17)18/h3-7H,1-2H3. The topological polar surface area (TPSA) is 48.5 Å². The first-order chi connectivity index (χ1) is 12.0. The average Bonchev–Trinajstić information content (AvgIpc) is 3.10. The minimum Gasteiger partial charge on any atom is -0.219 e. The van der Waals surface area contributed by atoms with E-state index in [1.165, 1.54) is 16.8 Å². The summed E-state index contributed by atoms with van der Waals surface area (Å²) in [6, 6.07) is 5.66. The summed E-state index contributed by atoms with van der Waals surface area (Å²) in [6.45, 7) is 3.43. The summed E-state index contributed by atoms with van der Waals surface area (Å²) in [6.07, 6.45) is -10.1. The van der Waals surface area contributed by atoms with E-state index in [2.05, 4.69) is 15.2 Å². The van der Waals surface area contributed by atoms with Gasteiger partial charge in [0.1, 0.15) is 0 Å². The van der Waals surface area contributed by atoms with Crippen molar-refractivity contribution in [2.24, 2.45) is 0 Å². The summed E-state index contributed by atoms with van der Waals surface area (Å²) < 4.78 is 79.4. The van der Waals surface area contributed by atoms with Crippen molar-refractivity contribution in [3.8, 4) is 11.6 Å². The van der Waals surface area contributed by atoms with E-state index in [0.717, 1.165) is 6.07 Å². The van der Waals surface area contributed by atoms with Crippen LogP contribution in [0.15, 0.2) is 30.3 Å². The van der Waals surface area contributed by atoms with Crippen LogP contribution in [-0.4, -0.2) is 24.5 Å². The molecule has 0 unspecified atom stereocenters. The third-order valence-electron chi connectivity index (χ3n) is 3.45. The van der Waals surface area contributed by atoms with Crippen molar-refractivity contribution in [2.75, 3.05) is 0 Å². The molecule has 11 heteroatoms. The first-order valence-corrected chi connectivity index (χ1v) is 7.22. The quantitative estimate of drug-likeness (QED) is 0.634. The van der Waals surface area contributed by atoms with Crippen LogP contribution in [-0.2, 0) is 12.4 Å². The van der Waals surface area contributed by atoms with Crippen molar-refractivity contribution in [2.45, 2.75) is 26.2 Å². The fourth-order valence-electron chi connectivity index (χ4n) is 2.41. The third kappa shape index (κ3) is 3.28. The maximum absolute atomic E-state index is 13.2. The van der Waals surface area contributed by atoms with E-state index in [9.17, 15) is 26.3 Å². The summed E-state index contributed by atoms with van der Waals surface area (Å²) in [7, 11) is 0. The Bertz CT molecular complexity index is 950. The van der Waals surface area contributed by atoms with E-state index >= 15 is 0 Å². The lowest BCUT2D eigenvalue weighted by Crippen LogP contribution is -2.15. The van der Waals surface area contributed by atoms with Crippen LogP contribution in [0.2, 0.25) is 0 Å². The Morgan fingerprint density at radius 3 is 1.92 bits per heavy atom. The van der Waals surface area contributed by atoms with E-state index in [0.29, 0.717) is 11.4 Å². The van der Waals surface area contributed by atoms with Gasteiger partial charge in [0.2, 0.25) is 0 Å². The van der Waals surface area contributed by atoms with Crippen molar-refractivity contribution in [3.05, 3.63) is 53.1 Å². The second-order valence-corrected chi connectivity index (χ2v) is 5.52. The lowest BCUT2D eigenvalue weighted by Gasteiger charge is -2.11. The van der Waals surface area contributed by atoms with Crippen LogP contribution in [0, 0.1) is 13.8 Å². The molecule has 0 aliphatic carbocycles. The highest BCUT2D eigenvalue weighted by Crippen LogP contribution is 2.36. The Morgan fingerprint density at radius 1 is 0.808 bits per heavy atom. The molecule has 0 aliphatic heterocycles. The Kier molecular flexibility index (Phi) is 4.04. The van der Waals surface area contributed by atoms with Crippen LogP contribution in [0.25, 0.3) is 11.6 Å². The molecule has 0 radical (unpaired) electrons. The molecule has 3 rings (SSSR count). The van der Waals surface area contributed by atoms with Gasteiger partial charge in [-0.3, -0.25) is 0 Å². The normalized spacial score (nSPS) is 12.6. The largest absolute Gasteiger partial charge is 0.435 e. The molecule has 3 aromatic rings. The molecule has 138 valence electrons. The van der Waals surface area contributed by atoms with Gasteiger partial charge in [-0.05, 0) is 32.0 Å². The zero-order valence-corrected chi connectivity index (χ0v) is 13.4. The number of aromatic nitrogens is 5. The fourth-order valence-corrected chi connectivity index (χ4v) is 2.41. The summed E-state index contributed by atoms with van der Waals surface area (Å²) in [5.41, 5.74) is -1.89. The van der Waals surface area contributed by atoms with Gasteiger partial charge in [-0.2, -0.15) is 36.5 Å². The van der Waals surface area contributed by atoms with Crippen LogP contribution < -0.4 is 0 Å². The highest BCUT2D eigenvalue weighted by atomic mass is 19.4. The van der Waals surface area contributed by atoms with E-state index < -0.39 is 29.6 Å². The van der Waals surface area contributed by atoms with Crippen molar-refractivity contribution >= 4 is 0 Å². The van der Waals surface area contributed by atoms with E-state index in [4.69, 9.17) is 0 Å².